The predicted octanol–water partition coefficient (Wildman–Crippen LogP) is 3.39. The summed E-state index contributed by atoms with van der Waals surface area (Å²) in [6.07, 6.45) is 1.43. The maximum atomic E-state index is 11.4. The Labute approximate surface area is 130 Å². The van der Waals surface area contributed by atoms with Crippen LogP contribution < -0.4 is 10.1 Å². The summed E-state index contributed by atoms with van der Waals surface area (Å²) < 4.78 is 5.94. The van der Waals surface area contributed by atoms with E-state index in [9.17, 15) is 14.9 Å². The maximum Gasteiger partial charge on any atom is 0.294 e. The van der Waals surface area contributed by atoms with E-state index in [1.807, 2.05) is 6.92 Å². The van der Waals surface area contributed by atoms with Gasteiger partial charge in [-0.25, -0.2) is 0 Å². The van der Waals surface area contributed by atoms with E-state index in [1.54, 1.807) is 6.07 Å². The lowest BCUT2D eigenvalue weighted by Gasteiger charge is -2.11. The molecule has 0 unspecified atom stereocenters. The largest absolute Gasteiger partial charge is 0.492 e. The van der Waals surface area contributed by atoms with E-state index in [0.29, 0.717) is 16.8 Å². The Balaban J connectivity index is 3.06. The van der Waals surface area contributed by atoms with Crippen LogP contribution in [-0.4, -0.2) is 17.4 Å². The molecule has 0 aliphatic carbocycles. The van der Waals surface area contributed by atoms with E-state index < -0.39 is 10.8 Å². The highest BCUT2D eigenvalue weighted by atomic mass is 79.9. The van der Waals surface area contributed by atoms with Crippen molar-refractivity contribution in [2.24, 2.45) is 0 Å². The SMILES string of the molecule is CCCCOc1cc(NC(=O)CC#N)c([N+](=O)[O-])cc1Br. The van der Waals surface area contributed by atoms with Crippen LogP contribution in [0.4, 0.5) is 11.4 Å². The van der Waals surface area contributed by atoms with E-state index in [4.69, 9.17) is 10.00 Å². The molecule has 0 aliphatic heterocycles. The molecule has 0 saturated carbocycles. The molecule has 0 heterocycles. The number of ether oxygens (including phenoxy) is 1. The van der Waals surface area contributed by atoms with Crippen LogP contribution in [-0.2, 0) is 4.79 Å². The molecular weight excluding hydrogens is 342 g/mol. The maximum absolute atomic E-state index is 11.4. The minimum Gasteiger partial charge on any atom is -0.492 e. The second kappa shape index (κ2) is 8.21. The minimum atomic E-state index is -0.609. The number of amides is 1. The van der Waals surface area contributed by atoms with Crippen LogP contribution in [0.1, 0.15) is 26.2 Å². The number of halogens is 1. The lowest BCUT2D eigenvalue weighted by Crippen LogP contribution is -2.12. The average Bonchev–Trinajstić information content (AvgIpc) is 2.42. The highest BCUT2D eigenvalue weighted by Gasteiger charge is 2.19. The Morgan fingerprint density at radius 2 is 2.29 bits per heavy atom. The summed E-state index contributed by atoms with van der Waals surface area (Å²) in [4.78, 5) is 21.8. The molecule has 1 rings (SSSR count). The van der Waals surface area contributed by atoms with Crippen LogP contribution in [0, 0.1) is 21.4 Å². The molecule has 1 aromatic rings. The van der Waals surface area contributed by atoms with Gasteiger partial charge in [-0.15, -0.1) is 0 Å². The van der Waals surface area contributed by atoms with E-state index in [-0.39, 0.29) is 17.8 Å². The van der Waals surface area contributed by atoms with Gasteiger partial charge < -0.3 is 10.1 Å². The van der Waals surface area contributed by atoms with Crippen molar-refractivity contribution in [1.29, 1.82) is 5.26 Å². The first-order valence-electron chi connectivity index (χ1n) is 6.27. The van der Waals surface area contributed by atoms with Gasteiger partial charge in [-0.3, -0.25) is 14.9 Å². The Morgan fingerprint density at radius 3 is 2.86 bits per heavy atom. The van der Waals surface area contributed by atoms with Crippen molar-refractivity contribution in [2.75, 3.05) is 11.9 Å². The molecule has 8 heteroatoms. The molecule has 0 fully saturated rings. The topological polar surface area (TPSA) is 105 Å². The molecule has 0 aliphatic rings. The zero-order valence-corrected chi connectivity index (χ0v) is 13.0. The number of rotatable bonds is 7. The number of hydrogen-bond acceptors (Lipinski definition) is 5. The van der Waals surface area contributed by atoms with Crippen molar-refractivity contribution in [2.45, 2.75) is 26.2 Å². The van der Waals surface area contributed by atoms with Crippen molar-refractivity contribution < 1.29 is 14.5 Å². The number of anilines is 1. The Hall–Kier alpha value is -2.14. The number of hydrogen-bond donors (Lipinski definition) is 1. The number of nitriles is 1. The van der Waals surface area contributed by atoms with Gasteiger partial charge in [0, 0.05) is 12.1 Å². The van der Waals surface area contributed by atoms with Crippen LogP contribution in [0.25, 0.3) is 0 Å². The summed E-state index contributed by atoms with van der Waals surface area (Å²) in [7, 11) is 0. The van der Waals surface area contributed by atoms with Gasteiger partial charge in [0.15, 0.2) is 0 Å². The molecule has 1 aromatic carbocycles. The van der Waals surface area contributed by atoms with Crippen molar-refractivity contribution in [1.82, 2.24) is 0 Å². The fourth-order valence-corrected chi connectivity index (χ4v) is 1.94. The number of nitro groups is 1. The molecule has 1 N–H and O–H groups in total. The first-order valence-corrected chi connectivity index (χ1v) is 7.06. The van der Waals surface area contributed by atoms with Gasteiger partial charge >= 0.3 is 0 Å². The fourth-order valence-electron chi connectivity index (χ4n) is 1.50. The molecule has 7 nitrogen and oxygen atoms in total. The van der Waals surface area contributed by atoms with Crippen LogP contribution >= 0.6 is 15.9 Å². The van der Waals surface area contributed by atoms with Gasteiger partial charge in [0.25, 0.3) is 5.69 Å². The molecular formula is C13H14BrN3O4. The summed E-state index contributed by atoms with van der Waals surface area (Å²) in [5.41, 5.74) is -0.258. The van der Waals surface area contributed by atoms with Gasteiger partial charge in [0.2, 0.25) is 5.91 Å². The normalized spacial score (nSPS) is 9.76. The fraction of sp³-hybridized carbons (Fsp3) is 0.385. The molecule has 0 aromatic heterocycles. The molecule has 21 heavy (non-hydrogen) atoms. The van der Waals surface area contributed by atoms with Gasteiger partial charge in [-0.2, -0.15) is 5.26 Å². The monoisotopic (exact) mass is 355 g/mol. The Kier molecular flexibility index (Phi) is 6.62. The number of nitrogens with zero attached hydrogens (tertiary/aromatic N) is 2. The highest BCUT2D eigenvalue weighted by molar-refractivity contribution is 9.10. The molecule has 112 valence electrons. The van der Waals surface area contributed by atoms with E-state index in [2.05, 4.69) is 21.2 Å². The number of unbranched alkanes of at least 4 members (excludes halogenated alkanes) is 1. The molecule has 1 amide bonds. The van der Waals surface area contributed by atoms with E-state index in [1.165, 1.54) is 12.1 Å². The molecule has 0 bridgehead atoms. The molecule has 0 saturated heterocycles. The summed E-state index contributed by atoms with van der Waals surface area (Å²) in [5, 5.41) is 21.8. The van der Waals surface area contributed by atoms with Gasteiger partial charge in [0.05, 0.1) is 22.1 Å². The number of nitrogens with one attached hydrogen (secondary N) is 1. The van der Waals surface area contributed by atoms with Gasteiger partial charge in [-0.1, -0.05) is 13.3 Å². The predicted molar refractivity (Wildman–Crippen MR) is 80.1 cm³/mol. The summed E-state index contributed by atoms with van der Waals surface area (Å²) in [6.45, 7) is 2.49. The lowest BCUT2D eigenvalue weighted by atomic mass is 10.2. The lowest BCUT2D eigenvalue weighted by molar-refractivity contribution is -0.384. The second-order valence-corrected chi connectivity index (χ2v) is 5.00. The van der Waals surface area contributed by atoms with Crippen LogP contribution in [0.3, 0.4) is 0 Å². The van der Waals surface area contributed by atoms with E-state index >= 15 is 0 Å². The smallest absolute Gasteiger partial charge is 0.294 e. The summed E-state index contributed by atoms with van der Waals surface area (Å²) in [5.74, 6) is -0.205. The molecule has 0 radical (unpaired) electrons. The number of nitro benzene ring substituents is 1. The van der Waals surface area contributed by atoms with Crippen molar-refractivity contribution in [3.05, 3.63) is 26.7 Å². The number of carbonyl (C=O) groups is 1. The highest BCUT2D eigenvalue weighted by Crippen LogP contribution is 2.36. The van der Waals surface area contributed by atoms with Crippen LogP contribution in [0.5, 0.6) is 5.75 Å². The van der Waals surface area contributed by atoms with E-state index in [0.717, 1.165) is 12.8 Å². The van der Waals surface area contributed by atoms with Gasteiger partial charge in [0.1, 0.15) is 17.9 Å². The van der Waals surface area contributed by atoms with Crippen molar-refractivity contribution >= 4 is 33.2 Å². The average molecular weight is 356 g/mol. The van der Waals surface area contributed by atoms with Crippen LogP contribution in [0.15, 0.2) is 16.6 Å². The summed E-state index contributed by atoms with van der Waals surface area (Å²) >= 11 is 3.20. The molecule has 0 atom stereocenters. The summed E-state index contributed by atoms with van der Waals surface area (Å²) in [6, 6.07) is 4.33. The second-order valence-electron chi connectivity index (χ2n) is 4.14. The number of benzene rings is 1. The first kappa shape index (κ1) is 16.9. The third kappa shape index (κ3) is 5.04. The Morgan fingerprint density at radius 1 is 1.57 bits per heavy atom. The Bertz CT molecular complexity index is 584. The third-order valence-electron chi connectivity index (χ3n) is 2.52. The minimum absolute atomic E-state index is 0.00921. The zero-order valence-electron chi connectivity index (χ0n) is 11.4. The van der Waals surface area contributed by atoms with Crippen molar-refractivity contribution in [3.63, 3.8) is 0 Å². The first-order chi connectivity index (χ1) is 9.99. The zero-order chi connectivity index (χ0) is 15.8. The van der Waals surface area contributed by atoms with Crippen LogP contribution in [0.2, 0.25) is 0 Å². The van der Waals surface area contributed by atoms with Gasteiger partial charge in [-0.05, 0) is 22.4 Å². The standard InChI is InChI=1S/C13H14BrN3O4/c1-2-3-6-21-12-8-10(16-13(18)4-5-15)11(17(19)20)7-9(12)14/h7-8H,2-4,6H2,1H3,(H,16,18). The van der Waals surface area contributed by atoms with Crippen molar-refractivity contribution in [3.8, 4) is 11.8 Å². The number of carbonyl (C=O) groups excluding carboxylic acids is 1. The third-order valence-corrected chi connectivity index (χ3v) is 3.14. The molecule has 0 spiro atoms. The quantitative estimate of drug-likeness (QED) is 0.458.